The van der Waals surface area contributed by atoms with Crippen LogP contribution in [0.25, 0.3) is 11.3 Å². The number of halogens is 3. The van der Waals surface area contributed by atoms with Crippen LogP contribution in [0.1, 0.15) is 43.7 Å². The summed E-state index contributed by atoms with van der Waals surface area (Å²) in [7, 11) is 0. The Bertz CT molecular complexity index is 1490. The number of carboxylic acids is 1. The van der Waals surface area contributed by atoms with Gasteiger partial charge in [-0.3, -0.25) is 4.79 Å². The molecule has 0 radical (unpaired) electrons. The number of pyridine rings is 1. The van der Waals surface area contributed by atoms with Gasteiger partial charge in [-0.25, -0.2) is 9.78 Å². The number of rotatable bonds is 9. The maximum Gasteiger partial charge on any atom is 0.417 e. The molecule has 0 fully saturated rings. The van der Waals surface area contributed by atoms with Crippen LogP contribution in [0.3, 0.4) is 0 Å². The van der Waals surface area contributed by atoms with E-state index in [1.54, 1.807) is 30.3 Å². The molecule has 4 aromatic rings. The number of carboxylic acid groups (broad SMARTS) is 1. The number of furan rings is 1. The number of hydrogen-bond donors (Lipinski definition) is 3. The van der Waals surface area contributed by atoms with Crippen LogP contribution in [0, 0.1) is 20.8 Å². The minimum Gasteiger partial charge on any atom is -0.480 e. The molecule has 0 bridgehead atoms. The fourth-order valence-electron chi connectivity index (χ4n) is 4.49. The van der Waals surface area contributed by atoms with Gasteiger partial charge in [0.25, 0.3) is 5.91 Å². The topological polar surface area (TPSA) is 104 Å². The number of anilines is 1. The van der Waals surface area contributed by atoms with Gasteiger partial charge in [-0.15, -0.1) is 0 Å². The van der Waals surface area contributed by atoms with E-state index in [1.165, 1.54) is 12.3 Å². The lowest BCUT2D eigenvalue weighted by Gasteiger charge is -2.17. The van der Waals surface area contributed by atoms with E-state index >= 15 is 0 Å². The molecule has 4 rings (SSSR count). The number of aryl methyl sites for hydroxylation is 3. The zero-order valence-corrected chi connectivity index (χ0v) is 22.1. The quantitative estimate of drug-likeness (QED) is 0.225. The van der Waals surface area contributed by atoms with Crippen molar-refractivity contribution in [1.82, 2.24) is 10.3 Å². The minimum absolute atomic E-state index is 0.0960. The van der Waals surface area contributed by atoms with Crippen molar-refractivity contribution in [3.05, 3.63) is 106 Å². The van der Waals surface area contributed by atoms with Gasteiger partial charge in [0.15, 0.2) is 0 Å². The molecule has 2 aromatic carbocycles. The third-order valence-electron chi connectivity index (χ3n) is 6.40. The number of carbonyl (C=O) groups is 2. The molecule has 0 aliphatic rings. The number of carbonyl (C=O) groups excluding carboxylic acids is 1. The monoisotopic (exact) mass is 551 g/mol. The van der Waals surface area contributed by atoms with Crippen LogP contribution in [0.15, 0.2) is 71.5 Å². The van der Waals surface area contributed by atoms with Crippen molar-refractivity contribution in [2.24, 2.45) is 0 Å². The molecule has 0 spiro atoms. The molecule has 3 N–H and O–H groups in total. The van der Waals surface area contributed by atoms with Gasteiger partial charge < -0.3 is 20.2 Å². The van der Waals surface area contributed by atoms with Crippen LogP contribution in [0.4, 0.5) is 19.0 Å². The summed E-state index contributed by atoms with van der Waals surface area (Å²) < 4.78 is 43.7. The van der Waals surface area contributed by atoms with Gasteiger partial charge in [-0.2, -0.15) is 13.2 Å². The fraction of sp³-hybridized carbons (Fsp3) is 0.233. The highest BCUT2D eigenvalue weighted by Gasteiger charge is 2.30. The molecule has 2 aromatic heterocycles. The maximum atomic E-state index is 12.9. The lowest BCUT2D eigenvalue weighted by atomic mass is 9.98. The highest BCUT2D eigenvalue weighted by Crippen LogP contribution is 2.29. The highest BCUT2D eigenvalue weighted by molar-refractivity contribution is 5.99. The van der Waals surface area contributed by atoms with E-state index in [1.807, 2.05) is 32.9 Å². The normalized spacial score (nSPS) is 12.2. The number of benzene rings is 2. The molecule has 1 unspecified atom stereocenters. The molecule has 0 saturated heterocycles. The van der Waals surface area contributed by atoms with E-state index in [4.69, 9.17) is 4.42 Å². The van der Waals surface area contributed by atoms with E-state index in [0.717, 1.165) is 45.6 Å². The molecular formula is C30H28F3N3O4. The third kappa shape index (κ3) is 6.88. The van der Waals surface area contributed by atoms with Crippen molar-refractivity contribution >= 4 is 17.7 Å². The number of hydrogen-bond acceptors (Lipinski definition) is 5. The molecular weight excluding hydrogens is 523 g/mol. The van der Waals surface area contributed by atoms with Gasteiger partial charge in [-0.1, -0.05) is 42.0 Å². The number of aromatic nitrogens is 1. The van der Waals surface area contributed by atoms with E-state index in [2.05, 4.69) is 15.6 Å². The largest absolute Gasteiger partial charge is 0.480 e. The summed E-state index contributed by atoms with van der Waals surface area (Å²) in [4.78, 5) is 28.6. The van der Waals surface area contributed by atoms with Crippen LogP contribution in [-0.2, 0) is 23.9 Å². The summed E-state index contributed by atoms with van der Waals surface area (Å²) in [5.41, 5.74) is 4.48. The molecule has 2 heterocycles. The Labute approximate surface area is 229 Å². The van der Waals surface area contributed by atoms with Crippen LogP contribution >= 0.6 is 0 Å². The highest BCUT2D eigenvalue weighted by atomic mass is 19.4. The predicted octanol–water partition coefficient (Wildman–Crippen LogP) is 6.32. The summed E-state index contributed by atoms with van der Waals surface area (Å²) in [6.07, 6.45) is -2.04. The van der Waals surface area contributed by atoms with Crippen molar-refractivity contribution in [2.75, 3.05) is 5.32 Å². The van der Waals surface area contributed by atoms with Crippen molar-refractivity contribution in [3.63, 3.8) is 0 Å². The molecule has 1 atom stereocenters. The SMILES string of the molecule is Cc1cc(C)c(C(=O)NC(Cc2ccc(-c3cc(CNc4ccc(C(F)(F)F)cn4)co3)cc2)C(=O)O)c(C)c1. The van der Waals surface area contributed by atoms with Gasteiger partial charge in [0.1, 0.15) is 17.6 Å². The van der Waals surface area contributed by atoms with Gasteiger partial charge in [0, 0.05) is 35.9 Å². The average Bonchev–Trinajstić information content (AvgIpc) is 3.35. The second-order valence-corrected chi connectivity index (χ2v) is 9.64. The summed E-state index contributed by atoms with van der Waals surface area (Å²) in [6, 6.07) is 13.8. The first-order valence-corrected chi connectivity index (χ1v) is 12.5. The second kappa shape index (κ2) is 11.6. The lowest BCUT2D eigenvalue weighted by Crippen LogP contribution is -2.42. The zero-order valence-electron chi connectivity index (χ0n) is 22.1. The molecule has 0 aliphatic heterocycles. The number of amides is 1. The van der Waals surface area contributed by atoms with Gasteiger partial charge in [-0.05, 0) is 55.7 Å². The van der Waals surface area contributed by atoms with Crippen molar-refractivity contribution < 1.29 is 32.3 Å². The number of aliphatic carboxylic acids is 1. The Morgan fingerprint density at radius 3 is 2.23 bits per heavy atom. The van der Waals surface area contributed by atoms with Crippen LogP contribution < -0.4 is 10.6 Å². The van der Waals surface area contributed by atoms with E-state index < -0.39 is 29.7 Å². The number of nitrogens with zero attached hydrogens (tertiary/aromatic N) is 1. The van der Waals surface area contributed by atoms with Crippen LogP contribution in [0.2, 0.25) is 0 Å². The third-order valence-corrected chi connectivity index (χ3v) is 6.40. The van der Waals surface area contributed by atoms with E-state index in [9.17, 15) is 27.9 Å². The zero-order chi connectivity index (χ0) is 29.0. The Kier molecular flexibility index (Phi) is 8.27. The molecule has 0 aliphatic carbocycles. The number of nitrogens with one attached hydrogen (secondary N) is 2. The standard InChI is InChI=1S/C30H28F3N3O4/c1-17-10-18(2)27(19(3)11-17)28(37)36-24(29(38)39)12-20-4-6-22(7-5-20)25-13-21(16-40-25)14-34-26-9-8-23(15-35-26)30(31,32)33/h4-11,13,15-16,24H,12,14H2,1-3H3,(H,34,35)(H,36,37)(H,38,39). The van der Waals surface area contributed by atoms with Crippen molar-refractivity contribution in [2.45, 2.75) is 46.0 Å². The van der Waals surface area contributed by atoms with Crippen molar-refractivity contribution in [1.29, 1.82) is 0 Å². The molecule has 7 nitrogen and oxygen atoms in total. The first kappa shape index (κ1) is 28.4. The smallest absolute Gasteiger partial charge is 0.417 e. The first-order chi connectivity index (χ1) is 18.9. The van der Waals surface area contributed by atoms with E-state index in [-0.39, 0.29) is 6.42 Å². The van der Waals surface area contributed by atoms with Gasteiger partial charge >= 0.3 is 12.1 Å². The van der Waals surface area contributed by atoms with Crippen molar-refractivity contribution in [3.8, 4) is 11.3 Å². The van der Waals surface area contributed by atoms with Crippen LogP contribution in [0.5, 0.6) is 0 Å². The molecule has 0 saturated carbocycles. The predicted molar refractivity (Wildman–Crippen MR) is 144 cm³/mol. The van der Waals surface area contributed by atoms with Gasteiger partial charge in [0.05, 0.1) is 11.8 Å². The van der Waals surface area contributed by atoms with Gasteiger partial charge in [0.2, 0.25) is 0 Å². The molecule has 1 amide bonds. The molecule has 208 valence electrons. The summed E-state index contributed by atoms with van der Waals surface area (Å²) in [5, 5.41) is 15.3. The Hall–Kier alpha value is -4.60. The maximum absolute atomic E-state index is 12.9. The Morgan fingerprint density at radius 2 is 1.65 bits per heavy atom. The minimum atomic E-state index is -4.44. The fourth-order valence-corrected chi connectivity index (χ4v) is 4.49. The number of alkyl halides is 3. The van der Waals surface area contributed by atoms with E-state index in [0.29, 0.717) is 23.7 Å². The summed E-state index contributed by atoms with van der Waals surface area (Å²) in [5.74, 6) is -0.696. The molecule has 10 heteroatoms. The molecule has 40 heavy (non-hydrogen) atoms. The Balaban J connectivity index is 1.37. The van der Waals surface area contributed by atoms with Crippen LogP contribution in [-0.4, -0.2) is 28.0 Å². The first-order valence-electron chi connectivity index (χ1n) is 12.5. The lowest BCUT2D eigenvalue weighted by molar-refractivity contribution is -0.139. The second-order valence-electron chi connectivity index (χ2n) is 9.64. The average molecular weight is 552 g/mol. The Morgan fingerprint density at radius 1 is 0.975 bits per heavy atom. The summed E-state index contributed by atoms with van der Waals surface area (Å²) in [6.45, 7) is 5.88. The summed E-state index contributed by atoms with van der Waals surface area (Å²) >= 11 is 0.